The lowest BCUT2D eigenvalue weighted by atomic mass is 10.1. The van der Waals surface area contributed by atoms with E-state index in [2.05, 4.69) is 15.5 Å². The number of benzene rings is 2. The third-order valence-electron chi connectivity index (χ3n) is 3.76. The summed E-state index contributed by atoms with van der Waals surface area (Å²) in [6.45, 7) is 1.81. The van der Waals surface area contributed by atoms with Gasteiger partial charge >= 0.3 is 0 Å². The minimum atomic E-state index is -0.379. The molecule has 6 heteroatoms. The number of amides is 1. The van der Waals surface area contributed by atoms with Crippen molar-refractivity contribution < 1.29 is 9.32 Å². The summed E-state index contributed by atoms with van der Waals surface area (Å²) in [5, 5.41) is 7.57. The zero-order valence-corrected chi connectivity index (χ0v) is 14.5. The average Bonchev–Trinajstić information content (AvgIpc) is 3.12. The van der Waals surface area contributed by atoms with Gasteiger partial charge in [0.2, 0.25) is 17.6 Å². The Hall–Kier alpha value is -2.66. The molecule has 128 valence electrons. The highest BCUT2D eigenvalue weighted by molar-refractivity contribution is 6.30. The topological polar surface area (TPSA) is 68.0 Å². The van der Waals surface area contributed by atoms with Gasteiger partial charge in [0.25, 0.3) is 0 Å². The van der Waals surface area contributed by atoms with Crippen molar-refractivity contribution in [3.8, 4) is 11.4 Å². The Morgan fingerprint density at radius 1 is 1.20 bits per heavy atom. The summed E-state index contributed by atoms with van der Waals surface area (Å²) in [6.07, 6.45) is 0.963. The first-order chi connectivity index (χ1) is 12.2. The van der Waals surface area contributed by atoms with Crippen LogP contribution >= 0.6 is 11.6 Å². The molecule has 0 aliphatic carbocycles. The van der Waals surface area contributed by atoms with Crippen LogP contribution in [0.1, 0.15) is 30.8 Å². The second-order valence-electron chi connectivity index (χ2n) is 5.63. The zero-order valence-electron chi connectivity index (χ0n) is 13.8. The van der Waals surface area contributed by atoms with Crippen molar-refractivity contribution in [2.24, 2.45) is 0 Å². The number of hydrogen-bond acceptors (Lipinski definition) is 4. The number of nitrogens with one attached hydrogen (secondary N) is 1. The Morgan fingerprint density at radius 2 is 2.00 bits per heavy atom. The summed E-state index contributed by atoms with van der Waals surface area (Å²) < 4.78 is 5.42. The van der Waals surface area contributed by atoms with Gasteiger partial charge in [-0.25, -0.2) is 0 Å². The van der Waals surface area contributed by atoms with Crippen molar-refractivity contribution in [3.05, 3.63) is 71.1 Å². The number of halogens is 1. The van der Waals surface area contributed by atoms with Crippen molar-refractivity contribution in [2.45, 2.75) is 25.8 Å². The van der Waals surface area contributed by atoms with Gasteiger partial charge in [-0.2, -0.15) is 4.98 Å². The van der Waals surface area contributed by atoms with Gasteiger partial charge in [-0.1, -0.05) is 66.1 Å². The first-order valence-corrected chi connectivity index (χ1v) is 8.46. The maximum absolute atomic E-state index is 11.9. The SMILES string of the molecule is CCC(=O)NC(Cc1ccccc1)c1nc(-c2cccc(Cl)c2)no1. The van der Waals surface area contributed by atoms with Crippen LogP contribution in [0.3, 0.4) is 0 Å². The number of carbonyl (C=O) groups is 1. The third kappa shape index (κ3) is 4.45. The first kappa shape index (κ1) is 17.2. The van der Waals surface area contributed by atoms with Gasteiger partial charge < -0.3 is 9.84 Å². The summed E-state index contributed by atoms with van der Waals surface area (Å²) in [5.41, 5.74) is 1.84. The van der Waals surface area contributed by atoms with Crippen molar-refractivity contribution in [3.63, 3.8) is 0 Å². The minimum absolute atomic E-state index is 0.0663. The number of aromatic nitrogens is 2. The highest BCUT2D eigenvalue weighted by Crippen LogP contribution is 2.23. The van der Waals surface area contributed by atoms with Crippen molar-refractivity contribution in [1.82, 2.24) is 15.5 Å². The molecule has 1 aromatic heterocycles. The molecule has 1 N–H and O–H groups in total. The van der Waals surface area contributed by atoms with Crippen LogP contribution < -0.4 is 5.32 Å². The van der Waals surface area contributed by atoms with Crippen molar-refractivity contribution in [1.29, 1.82) is 0 Å². The van der Waals surface area contributed by atoms with Crippen LogP contribution in [0, 0.1) is 0 Å². The third-order valence-corrected chi connectivity index (χ3v) is 4.00. The molecule has 3 aromatic rings. The molecule has 0 saturated heterocycles. The summed E-state index contributed by atoms with van der Waals surface area (Å²) in [7, 11) is 0. The van der Waals surface area contributed by atoms with Crippen LogP contribution in [0.15, 0.2) is 59.1 Å². The molecule has 0 radical (unpaired) electrons. The number of nitrogens with zero attached hydrogens (tertiary/aromatic N) is 2. The molecule has 0 bridgehead atoms. The highest BCUT2D eigenvalue weighted by atomic mass is 35.5. The van der Waals surface area contributed by atoms with E-state index in [0.29, 0.717) is 29.6 Å². The summed E-state index contributed by atoms with van der Waals surface area (Å²) in [5.74, 6) is 0.755. The Bertz CT molecular complexity index is 849. The van der Waals surface area contributed by atoms with Crippen molar-refractivity contribution >= 4 is 17.5 Å². The maximum atomic E-state index is 11.9. The Morgan fingerprint density at radius 3 is 2.72 bits per heavy atom. The highest BCUT2D eigenvalue weighted by Gasteiger charge is 2.21. The van der Waals surface area contributed by atoms with Gasteiger partial charge in [-0.3, -0.25) is 4.79 Å². The molecule has 1 atom stereocenters. The lowest BCUT2D eigenvalue weighted by Crippen LogP contribution is -2.29. The van der Waals surface area contributed by atoms with Crippen LogP contribution in [0.4, 0.5) is 0 Å². The van der Waals surface area contributed by atoms with Crippen LogP contribution in [-0.4, -0.2) is 16.0 Å². The van der Waals surface area contributed by atoms with Crippen LogP contribution in [0.25, 0.3) is 11.4 Å². The molecular weight excluding hydrogens is 338 g/mol. The summed E-state index contributed by atoms with van der Waals surface area (Å²) in [6, 6.07) is 16.7. The molecule has 2 aromatic carbocycles. The number of rotatable bonds is 6. The fraction of sp³-hybridized carbons (Fsp3) is 0.211. The monoisotopic (exact) mass is 355 g/mol. The normalized spacial score (nSPS) is 11.9. The summed E-state index contributed by atoms with van der Waals surface area (Å²) in [4.78, 5) is 16.3. The molecule has 1 heterocycles. The first-order valence-electron chi connectivity index (χ1n) is 8.08. The Kier molecular flexibility index (Phi) is 5.46. The lowest BCUT2D eigenvalue weighted by molar-refractivity contribution is -0.121. The smallest absolute Gasteiger partial charge is 0.249 e. The predicted molar refractivity (Wildman–Crippen MR) is 96.1 cm³/mol. The molecule has 0 spiro atoms. The van der Waals surface area contributed by atoms with Gasteiger partial charge in [0.05, 0.1) is 0 Å². The molecule has 1 amide bonds. The van der Waals surface area contributed by atoms with Gasteiger partial charge in [-0.15, -0.1) is 0 Å². The predicted octanol–water partition coefficient (Wildman–Crippen LogP) is 4.20. The van der Waals surface area contributed by atoms with Crippen LogP contribution in [-0.2, 0) is 11.2 Å². The van der Waals surface area contributed by atoms with E-state index in [9.17, 15) is 4.79 Å². The van der Waals surface area contributed by atoms with E-state index < -0.39 is 0 Å². The molecule has 0 fully saturated rings. The second-order valence-corrected chi connectivity index (χ2v) is 6.07. The van der Waals surface area contributed by atoms with Gasteiger partial charge in [0.15, 0.2) is 0 Å². The molecule has 1 unspecified atom stereocenters. The second kappa shape index (κ2) is 7.94. The van der Waals surface area contributed by atoms with Crippen molar-refractivity contribution in [2.75, 3.05) is 0 Å². The van der Waals surface area contributed by atoms with E-state index in [0.717, 1.165) is 11.1 Å². The minimum Gasteiger partial charge on any atom is -0.344 e. The number of carbonyl (C=O) groups excluding carboxylic acids is 1. The molecule has 0 aliphatic heterocycles. The van der Waals surface area contributed by atoms with E-state index in [1.807, 2.05) is 42.5 Å². The quantitative estimate of drug-likeness (QED) is 0.719. The molecule has 0 saturated carbocycles. The van der Waals surface area contributed by atoms with E-state index in [1.165, 1.54) is 0 Å². The fourth-order valence-corrected chi connectivity index (χ4v) is 2.66. The lowest BCUT2D eigenvalue weighted by Gasteiger charge is -2.14. The van der Waals surface area contributed by atoms with Gasteiger partial charge in [-0.05, 0) is 17.7 Å². The average molecular weight is 356 g/mol. The van der Waals surface area contributed by atoms with E-state index in [-0.39, 0.29) is 11.9 Å². The molecular formula is C19H18ClN3O2. The zero-order chi connectivity index (χ0) is 17.6. The molecule has 3 rings (SSSR count). The van der Waals surface area contributed by atoms with E-state index in [4.69, 9.17) is 16.1 Å². The van der Waals surface area contributed by atoms with Gasteiger partial charge in [0.1, 0.15) is 6.04 Å². The molecule has 25 heavy (non-hydrogen) atoms. The Balaban J connectivity index is 1.86. The molecule has 0 aliphatic rings. The largest absolute Gasteiger partial charge is 0.344 e. The Labute approximate surface area is 151 Å². The standard InChI is InChI=1S/C19H18ClN3O2/c1-2-17(24)21-16(11-13-7-4-3-5-8-13)19-22-18(23-25-19)14-9-6-10-15(20)12-14/h3-10,12,16H,2,11H2,1H3,(H,21,24). The van der Waals surface area contributed by atoms with Crippen LogP contribution in [0.2, 0.25) is 5.02 Å². The van der Waals surface area contributed by atoms with E-state index in [1.54, 1.807) is 19.1 Å². The fourth-order valence-electron chi connectivity index (χ4n) is 2.47. The molecule has 5 nitrogen and oxygen atoms in total. The van der Waals surface area contributed by atoms with E-state index >= 15 is 0 Å². The maximum Gasteiger partial charge on any atom is 0.249 e. The number of hydrogen-bond donors (Lipinski definition) is 1. The van der Waals surface area contributed by atoms with Gasteiger partial charge in [0, 0.05) is 23.4 Å². The summed E-state index contributed by atoms with van der Waals surface area (Å²) >= 11 is 6.02. The van der Waals surface area contributed by atoms with Crippen LogP contribution in [0.5, 0.6) is 0 Å².